The zero-order valence-electron chi connectivity index (χ0n) is 10.4. The summed E-state index contributed by atoms with van der Waals surface area (Å²) in [6.45, 7) is 2.10. The van der Waals surface area contributed by atoms with Crippen LogP contribution in [-0.4, -0.2) is 9.97 Å². The SMILES string of the molecule is CCc1nc(Oc2ccc(CN)cc2F)cc(=O)[nH]1. The largest absolute Gasteiger partial charge is 0.436 e. The number of aromatic nitrogens is 2. The van der Waals surface area contributed by atoms with Gasteiger partial charge in [0.25, 0.3) is 5.56 Å². The fourth-order valence-corrected chi connectivity index (χ4v) is 1.57. The Morgan fingerprint density at radius 3 is 2.84 bits per heavy atom. The molecule has 2 rings (SSSR count). The first-order valence-corrected chi connectivity index (χ1v) is 5.89. The minimum atomic E-state index is -0.539. The third kappa shape index (κ3) is 3.17. The molecule has 1 aromatic carbocycles. The lowest BCUT2D eigenvalue weighted by Crippen LogP contribution is -2.10. The van der Waals surface area contributed by atoms with Crippen LogP contribution >= 0.6 is 0 Å². The molecule has 0 aliphatic carbocycles. The van der Waals surface area contributed by atoms with Crippen molar-refractivity contribution in [3.63, 3.8) is 0 Å². The molecule has 2 aromatic rings. The van der Waals surface area contributed by atoms with E-state index in [1.165, 1.54) is 18.2 Å². The van der Waals surface area contributed by atoms with Gasteiger partial charge in [0.05, 0.1) is 6.07 Å². The molecule has 1 aromatic heterocycles. The molecule has 0 saturated heterocycles. The van der Waals surface area contributed by atoms with Gasteiger partial charge in [-0.15, -0.1) is 0 Å². The van der Waals surface area contributed by atoms with Gasteiger partial charge in [-0.3, -0.25) is 4.79 Å². The topological polar surface area (TPSA) is 81.0 Å². The van der Waals surface area contributed by atoms with Crippen molar-refractivity contribution >= 4 is 0 Å². The van der Waals surface area contributed by atoms with Crippen LogP contribution < -0.4 is 16.0 Å². The van der Waals surface area contributed by atoms with Gasteiger partial charge in [0.2, 0.25) is 5.88 Å². The Morgan fingerprint density at radius 2 is 2.21 bits per heavy atom. The van der Waals surface area contributed by atoms with Crippen LogP contribution in [0.5, 0.6) is 11.6 Å². The number of halogens is 1. The molecule has 1 heterocycles. The van der Waals surface area contributed by atoms with Gasteiger partial charge in [-0.2, -0.15) is 4.98 Å². The Kier molecular flexibility index (Phi) is 3.91. The van der Waals surface area contributed by atoms with Crippen LogP contribution in [0.1, 0.15) is 18.3 Å². The van der Waals surface area contributed by atoms with E-state index < -0.39 is 5.82 Å². The van der Waals surface area contributed by atoms with Crippen LogP contribution in [-0.2, 0) is 13.0 Å². The smallest absolute Gasteiger partial charge is 0.254 e. The van der Waals surface area contributed by atoms with Crippen molar-refractivity contribution in [2.45, 2.75) is 19.9 Å². The van der Waals surface area contributed by atoms with E-state index in [2.05, 4.69) is 9.97 Å². The number of H-pyrrole nitrogens is 1. The monoisotopic (exact) mass is 263 g/mol. The Bertz CT molecular complexity index is 640. The first kappa shape index (κ1) is 13.2. The third-order valence-electron chi connectivity index (χ3n) is 2.55. The molecule has 0 fully saturated rings. The van der Waals surface area contributed by atoms with Crippen LogP contribution in [0.3, 0.4) is 0 Å². The van der Waals surface area contributed by atoms with E-state index >= 15 is 0 Å². The van der Waals surface area contributed by atoms with Crippen molar-refractivity contribution in [1.82, 2.24) is 9.97 Å². The number of ether oxygens (including phenoxy) is 1. The summed E-state index contributed by atoms with van der Waals surface area (Å²) in [5, 5.41) is 0. The lowest BCUT2D eigenvalue weighted by molar-refractivity contribution is 0.423. The molecule has 0 aliphatic rings. The second-order valence-corrected chi connectivity index (χ2v) is 3.95. The summed E-state index contributed by atoms with van der Waals surface area (Å²) >= 11 is 0. The van der Waals surface area contributed by atoms with Gasteiger partial charge in [-0.05, 0) is 17.7 Å². The van der Waals surface area contributed by atoms with Gasteiger partial charge in [0, 0.05) is 13.0 Å². The number of hydrogen-bond acceptors (Lipinski definition) is 4. The molecule has 0 aliphatic heterocycles. The highest BCUT2D eigenvalue weighted by Gasteiger charge is 2.08. The van der Waals surface area contributed by atoms with Crippen molar-refractivity contribution in [2.75, 3.05) is 0 Å². The van der Waals surface area contributed by atoms with Gasteiger partial charge in [0.15, 0.2) is 11.6 Å². The van der Waals surface area contributed by atoms with Crippen LogP contribution in [0.4, 0.5) is 4.39 Å². The lowest BCUT2D eigenvalue weighted by Gasteiger charge is -2.07. The number of benzene rings is 1. The summed E-state index contributed by atoms with van der Waals surface area (Å²) in [4.78, 5) is 18.0. The maximum Gasteiger partial charge on any atom is 0.254 e. The molecule has 0 unspecified atom stereocenters. The average molecular weight is 263 g/mol. The Hall–Kier alpha value is -2.21. The minimum absolute atomic E-state index is 0.0114. The minimum Gasteiger partial charge on any atom is -0.436 e. The van der Waals surface area contributed by atoms with E-state index in [9.17, 15) is 9.18 Å². The summed E-state index contributed by atoms with van der Waals surface area (Å²) in [6.07, 6.45) is 0.557. The molecule has 0 amide bonds. The molecular weight excluding hydrogens is 249 g/mol. The van der Waals surface area contributed by atoms with Crippen LogP contribution in [0.15, 0.2) is 29.1 Å². The predicted octanol–water partition coefficient (Wildman–Crippen LogP) is 1.72. The van der Waals surface area contributed by atoms with Crippen molar-refractivity contribution in [3.05, 3.63) is 51.8 Å². The molecule has 100 valence electrons. The van der Waals surface area contributed by atoms with Gasteiger partial charge >= 0.3 is 0 Å². The van der Waals surface area contributed by atoms with Crippen molar-refractivity contribution in [3.8, 4) is 11.6 Å². The van der Waals surface area contributed by atoms with E-state index in [1.54, 1.807) is 6.07 Å². The summed E-state index contributed by atoms with van der Waals surface area (Å²) < 4.78 is 19.0. The number of rotatable bonds is 4. The summed E-state index contributed by atoms with van der Waals surface area (Å²) in [7, 11) is 0. The van der Waals surface area contributed by atoms with E-state index in [0.29, 0.717) is 17.8 Å². The van der Waals surface area contributed by atoms with E-state index in [-0.39, 0.29) is 23.7 Å². The number of nitrogens with two attached hydrogens (primary N) is 1. The molecule has 0 saturated carbocycles. The van der Waals surface area contributed by atoms with Gasteiger partial charge in [0.1, 0.15) is 5.82 Å². The van der Waals surface area contributed by atoms with E-state index in [0.717, 1.165) is 0 Å². The Labute approximate surface area is 109 Å². The standard InChI is InChI=1S/C13H14FN3O2/c1-2-11-16-12(18)6-13(17-11)19-10-4-3-8(7-15)5-9(10)14/h3-6H,2,7,15H2,1H3,(H,16,17,18). The van der Waals surface area contributed by atoms with Crippen LogP contribution in [0, 0.1) is 5.82 Å². The lowest BCUT2D eigenvalue weighted by atomic mass is 10.2. The zero-order valence-corrected chi connectivity index (χ0v) is 10.4. The van der Waals surface area contributed by atoms with Gasteiger partial charge in [-0.25, -0.2) is 4.39 Å². The van der Waals surface area contributed by atoms with Gasteiger partial charge < -0.3 is 15.5 Å². The van der Waals surface area contributed by atoms with Gasteiger partial charge in [-0.1, -0.05) is 13.0 Å². The van der Waals surface area contributed by atoms with Crippen molar-refractivity contribution in [1.29, 1.82) is 0 Å². The molecule has 5 nitrogen and oxygen atoms in total. The highest BCUT2D eigenvalue weighted by atomic mass is 19.1. The maximum atomic E-state index is 13.7. The maximum absolute atomic E-state index is 13.7. The molecule has 6 heteroatoms. The Morgan fingerprint density at radius 1 is 1.42 bits per heavy atom. The fraction of sp³-hybridized carbons (Fsp3) is 0.231. The third-order valence-corrected chi connectivity index (χ3v) is 2.55. The quantitative estimate of drug-likeness (QED) is 0.880. The average Bonchev–Trinajstić information content (AvgIpc) is 2.40. The van der Waals surface area contributed by atoms with Crippen molar-refractivity contribution in [2.24, 2.45) is 5.73 Å². The summed E-state index contributed by atoms with van der Waals surface area (Å²) in [5.74, 6) is 0.0296. The van der Waals surface area contributed by atoms with Crippen LogP contribution in [0.2, 0.25) is 0 Å². The number of aryl methyl sites for hydroxylation is 1. The Balaban J connectivity index is 2.30. The molecular formula is C13H14FN3O2. The van der Waals surface area contributed by atoms with Crippen molar-refractivity contribution < 1.29 is 9.13 Å². The van der Waals surface area contributed by atoms with Crippen LogP contribution in [0.25, 0.3) is 0 Å². The zero-order chi connectivity index (χ0) is 13.8. The number of aromatic amines is 1. The molecule has 3 N–H and O–H groups in total. The normalized spacial score (nSPS) is 10.5. The second-order valence-electron chi connectivity index (χ2n) is 3.95. The predicted molar refractivity (Wildman–Crippen MR) is 68.6 cm³/mol. The molecule has 0 bridgehead atoms. The highest BCUT2D eigenvalue weighted by Crippen LogP contribution is 2.23. The van der Waals surface area contributed by atoms with E-state index in [4.69, 9.17) is 10.5 Å². The molecule has 19 heavy (non-hydrogen) atoms. The number of hydrogen-bond donors (Lipinski definition) is 2. The summed E-state index contributed by atoms with van der Waals surface area (Å²) in [5.41, 5.74) is 5.75. The summed E-state index contributed by atoms with van der Waals surface area (Å²) in [6, 6.07) is 5.59. The fourth-order valence-electron chi connectivity index (χ4n) is 1.57. The van der Waals surface area contributed by atoms with E-state index in [1.807, 2.05) is 6.92 Å². The number of nitrogens with zero attached hydrogens (tertiary/aromatic N) is 1. The molecule has 0 radical (unpaired) electrons. The number of nitrogens with one attached hydrogen (secondary N) is 1. The highest BCUT2D eigenvalue weighted by molar-refractivity contribution is 5.32. The molecule has 0 spiro atoms. The first-order valence-electron chi connectivity index (χ1n) is 5.89. The molecule has 0 atom stereocenters. The second kappa shape index (κ2) is 5.62. The first-order chi connectivity index (χ1) is 9.12.